The van der Waals surface area contributed by atoms with E-state index in [9.17, 15) is 9.59 Å². The molecule has 1 saturated heterocycles. The maximum absolute atomic E-state index is 12.4. The number of nitrogens with zero attached hydrogens (tertiary/aromatic N) is 1. The van der Waals surface area contributed by atoms with Crippen LogP contribution in [0.3, 0.4) is 0 Å². The Hall–Kier alpha value is -1.30. The molecule has 1 fully saturated rings. The van der Waals surface area contributed by atoms with Crippen molar-refractivity contribution in [3.63, 3.8) is 0 Å². The third-order valence-electron chi connectivity index (χ3n) is 4.53. The van der Waals surface area contributed by atoms with Crippen molar-refractivity contribution in [1.82, 2.24) is 10.2 Å². The van der Waals surface area contributed by atoms with Gasteiger partial charge in [-0.2, -0.15) is 0 Å². The van der Waals surface area contributed by atoms with Crippen molar-refractivity contribution in [3.05, 3.63) is 34.9 Å². The van der Waals surface area contributed by atoms with Gasteiger partial charge < -0.3 is 10.4 Å². The molecule has 0 aliphatic carbocycles. The number of aliphatic carboxylic acids is 1. The quantitative estimate of drug-likeness (QED) is 0.830. The van der Waals surface area contributed by atoms with Gasteiger partial charge in [0.1, 0.15) is 0 Å². The number of carbonyl (C=O) groups is 2. The van der Waals surface area contributed by atoms with Gasteiger partial charge in [0.15, 0.2) is 0 Å². The SMILES string of the molecule is CC(NC(=O)C(C)N1CCC(C(=O)O)CC1)c1ccc(Cl)cc1.Cl. The Morgan fingerprint density at radius 3 is 2.25 bits per heavy atom. The minimum Gasteiger partial charge on any atom is -0.481 e. The number of nitrogens with one attached hydrogen (secondary N) is 1. The maximum atomic E-state index is 12.4. The molecule has 1 heterocycles. The van der Waals surface area contributed by atoms with Crippen molar-refractivity contribution < 1.29 is 14.7 Å². The summed E-state index contributed by atoms with van der Waals surface area (Å²) in [6.45, 7) is 5.08. The molecule has 2 N–H and O–H groups in total. The average Bonchev–Trinajstić information content (AvgIpc) is 2.54. The van der Waals surface area contributed by atoms with Crippen LogP contribution in [-0.4, -0.2) is 41.0 Å². The first-order valence-electron chi connectivity index (χ1n) is 7.91. The van der Waals surface area contributed by atoms with Gasteiger partial charge in [0.05, 0.1) is 18.0 Å². The van der Waals surface area contributed by atoms with Crippen molar-refractivity contribution in [2.45, 2.75) is 38.8 Å². The van der Waals surface area contributed by atoms with E-state index in [0.29, 0.717) is 31.0 Å². The number of carbonyl (C=O) groups excluding carboxylic acids is 1. The molecule has 1 aliphatic heterocycles. The lowest BCUT2D eigenvalue weighted by molar-refractivity contribution is -0.143. The molecule has 2 rings (SSSR count). The van der Waals surface area contributed by atoms with Crippen LogP contribution in [0.25, 0.3) is 0 Å². The highest BCUT2D eigenvalue weighted by atomic mass is 35.5. The summed E-state index contributed by atoms with van der Waals surface area (Å²) in [6.07, 6.45) is 1.19. The van der Waals surface area contributed by atoms with Crippen LogP contribution >= 0.6 is 24.0 Å². The summed E-state index contributed by atoms with van der Waals surface area (Å²) in [5.41, 5.74) is 1.000. The number of rotatable bonds is 5. The van der Waals surface area contributed by atoms with Crippen LogP contribution in [0.4, 0.5) is 0 Å². The third kappa shape index (κ3) is 5.36. The number of likely N-dealkylation sites (tertiary alicyclic amines) is 1. The minimum absolute atomic E-state index is 0. The number of piperidine rings is 1. The molecule has 1 aliphatic rings. The zero-order chi connectivity index (χ0) is 17.0. The molecule has 0 saturated carbocycles. The smallest absolute Gasteiger partial charge is 0.306 e. The van der Waals surface area contributed by atoms with Gasteiger partial charge in [-0.15, -0.1) is 12.4 Å². The molecule has 7 heteroatoms. The lowest BCUT2D eigenvalue weighted by atomic mass is 9.96. The summed E-state index contributed by atoms with van der Waals surface area (Å²) < 4.78 is 0. The van der Waals surface area contributed by atoms with Crippen LogP contribution in [0, 0.1) is 5.92 Å². The fourth-order valence-corrected chi connectivity index (χ4v) is 2.99. The Balaban J connectivity index is 0.00000288. The topological polar surface area (TPSA) is 69.6 Å². The van der Waals surface area contributed by atoms with Gasteiger partial charge in [0, 0.05) is 5.02 Å². The fourth-order valence-electron chi connectivity index (χ4n) is 2.87. The van der Waals surface area contributed by atoms with E-state index >= 15 is 0 Å². The second kappa shape index (κ2) is 9.25. The minimum atomic E-state index is -0.738. The summed E-state index contributed by atoms with van der Waals surface area (Å²) in [5.74, 6) is -1.06. The largest absolute Gasteiger partial charge is 0.481 e. The number of halogens is 2. The summed E-state index contributed by atoms with van der Waals surface area (Å²) in [5, 5.41) is 12.7. The lowest BCUT2D eigenvalue weighted by Gasteiger charge is -2.34. The van der Waals surface area contributed by atoms with Crippen LogP contribution in [0.1, 0.15) is 38.3 Å². The van der Waals surface area contributed by atoms with Crippen LogP contribution in [0.2, 0.25) is 5.02 Å². The summed E-state index contributed by atoms with van der Waals surface area (Å²) in [7, 11) is 0. The van der Waals surface area contributed by atoms with E-state index in [4.69, 9.17) is 16.7 Å². The molecule has 2 atom stereocenters. The summed E-state index contributed by atoms with van der Waals surface area (Å²) in [4.78, 5) is 25.4. The number of amides is 1. The molecule has 0 aromatic heterocycles. The molecule has 24 heavy (non-hydrogen) atoms. The predicted molar refractivity (Wildman–Crippen MR) is 96.7 cm³/mol. The van der Waals surface area contributed by atoms with Crippen molar-refractivity contribution in [3.8, 4) is 0 Å². The normalized spacial score (nSPS) is 18.3. The van der Waals surface area contributed by atoms with Crippen molar-refractivity contribution >= 4 is 35.9 Å². The van der Waals surface area contributed by atoms with Crippen LogP contribution in [0.5, 0.6) is 0 Å². The van der Waals surface area contributed by atoms with E-state index < -0.39 is 5.97 Å². The van der Waals surface area contributed by atoms with E-state index in [1.54, 1.807) is 12.1 Å². The van der Waals surface area contributed by atoms with Gasteiger partial charge in [0.25, 0.3) is 0 Å². The molecule has 134 valence electrons. The molecular formula is C17H24Cl2N2O3. The predicted octanol–water partition coefficient (Wildman–Crippen LogP) is 3.12. The van der Waals surface area contributed by atoms with E-state index in [-0.39, 0.29) is 36.3 Å². The Morgan fingerprint density at radius 2 is 1.75 bits per heavy atom. The maximum Gasteiger partial charge on any atom is 0.306 e. The Kier molecular flexibility index (Phi) is 8.00. The first-order valence-corrected chi connectivity index (χ1v) is 8.29. The van der Waals surface area contributed by atoms with Crippen molar-refractivity contribution in [1.29, 1.82) is 0 Å². The second-order valence-electron chi connectivity index (χ2n) is 6.11. The number of hydrogen-bond acceptors (Lipinski definition) is 3. The third-order valence-corrected chi connectivity index (χ3v) is 4.79. The van der Waals surface area contributed by atoms with Crippen molar-refractivity contribution in [2.75, 3.05) is 13.1 Å². The average molecular weight is 375 g/mol. The van der Waals surface area contributed by atoms with Gasteiger partial charge in [-0.3, -0.25) is 14.5 Å². The van der Waals surface area contributed by atoms with Crippen LogP contribution < -0.4 is 5.32 Å². The van der Waals surface area contributed by atoms with Crippen LogP contribution in [-0.2, 0) is 9.59 Å². The van der Waals surface area contributed by atoms with Crippen molar-refractivity contribution in [2.24, 2.45) is 5.92 Å². The van der Waals surface area contributed by atoms with Gasteiger partial charge in [0.2, 0.25) is 5.91 Å². The zero-order valence-electron chi connectivity index (χ0n) is 13.9. The number of benzene rings is 1. The fraction of sp³-hybridized carbons (Fsp3) is 0.529. The molecule has 1 aromatic rings. The molecule has 5 nitrogen and oxygen atoms in total. The van der Waals surface area contributed by atoms with E-state index in [1.807, 2.05) is 30.9 Å². The Labute approximate surface area is 153 Å². The highest BCUT2D eigenvalue weighted by Crippen LogP contribution is 2.20. The molecule has 0 bridgehead atoms. The highest BCUT2D eigenvalue weighted by Gasteiger charge is 2.29. The first-order chi connectivity index (χ1) is 10.9. The molecule has 0 radical (unpaired) electrons. The van der Waals surface area contributed by atoms with Crippen LogP contribution in [0.15, 0.2) is 24.3 Å². The van der Waals surface area contributed by atoms with Gasteiger partial charge in [-0.05, 0) is 57.5 Å². The number of carboxylic acids is 1. The van der Waals surface area contributed by atoms with E-state index in [2.05, 4.69) is 5.32 Å². The summed E-state index contributed by atoms with van der Waals surface area (Å²) >= 11 is 5.87. The Morgan fingerprint density at radius 1 is 1.21 bits per heavy atom. The molecule has 1 amide bonds. The second-order valence-corrected chi connectivity index (χ2v) is 6.54. The summed E-state index contributed by atoms with van der Waals surface area (Å²) in [6, 6.07) is 7.05. The monoisotopic (exact) mass is 374 g/mol. The van der Waals surface area contributed by atoms with E-state index in [1.165, 1.54) is 0 Å². The number of carboxylic acid groups (broad SMARTS) is 1. The first kappa shape index (κ1) is 20.7. The van der Waals surface area contributed by atoms with Gasteiger partial charge in [-0.25, -0.2) is 0 Å². The molecule has 2 unspecified atom stereocenters. The van der Waals surface area contributed by atoms with Gasteiger partial charge >= 0.3 is 5.97 Å². The zero-order valence-corrected chi connectivity index (χ0v) is 15.4. The standard InChI is InChI=1S/C17H23ClN2O3.ClH/c1-11(13-3-5-15(18)6-4-13)19-16(21)12(2)20-9-7-14(8-10-20)17(22)23;/h3-6,11-12,14H,7-10H2,1-2H3,(H,19,21)(H,22,23);1H. The molecule has 0 spiro atoms. The highest BCUT2D eigenvalue weighted by molar-refractivity contribution is 6.30. The lowest BCUT2D eigenvalue weighted by Crippen LogP contribution is -2.49. The Bertz CT molecular complexity index is 557. The van der Waals surface area contributed by atoms with E-state index in [0.717, 1.165) is 5.56 Å². The molecule has 1 aromatic carbocycles. The molecular weight excluding hydrogens is 351 g/mol. The number of hydrogen-bond donors (Lipinski definition) is 2. The van der Waals surface area contributed by atoms with Gasteiger partial charge in [-0.1, -0.05) is 23.7 Å².